The SMILES string of the molecule is CCCN(OCC)C(=O)C1=Cc2sc(CCCCCN(C)CCOCCOCCOCCOCCOCCOCCOCCOCCOCCOCCC(=O)Oc3c(F)c(F)cc(F)c3F)cc2N=C(N)C1. The van der Waals surface area contributed by atoms with E-state index in [9.17, 15) is 27.2 Å². The molecule has 23 heteroatoms. The number of rotatable bonds is 45. The Morgan fingerprint density at radius 2 is 1.10 bits per heavy atom. The number of hydrogen-bond acceptors (Lipinski definition) is 18. The molecule has 0 saturated heterocycles. The van der Waals surface area contributed by atoms with Crippen LogP contribution in [-0.2, 0) is 68.2 Å². The molecule has 0 aliphatic carbocycles. The Balaban J connectivity index is 0.982. The summed E-state index contributed by atoms with van der Waals surface area (Å²) < 4.78 is 113. The minimum atomic E-state index is -1.80. The lowest BCUT2D eigenvalue weighted by Crippen LogP contribution is -2.34. The van der Waals surface area contributed by atoms with Crippen LogP contribution in [0.2, 0.25) is 0 Å². The number of halogens is 4. The topological polar surface area (TPSA) is 190 Å². The predicted octanol–water partition coefficient (Wildman–Crippen LogP) is 6.08. The molecule has 72 heavy (non-hydrogen) atoms. The smallest absolute Gasteiger partial charge is 0.313 e. The number of benzene rings is 1. The van der Waals surface area contributed by atoms with Gasteiger partial charge in [0, 0.05) is 36.0 Å². The molecule has 0 bridgehead atoms. The van der Waals surface area contributed by atoms with E-state index in [2.05, 4.69) is 27.7 Å². The number of esters is 1. The minimum absolute atomic E-state index is 0.0187. The third kappa shape index (κ3) is 27.6. The first-order valence-electron chi connectivity index (χ1n) is 24.6. The molecule has 410 valence electrons. The first-order valence-corrected chi connectivity index (χ1v) is 25.5. The van der Waals surface area contributed by atoms with Crippen molar-refractivity contribution < 1.29 is 84.1 Å². The molecule has 3 rings (SSSR count). The highest BCUT2D eigenvalue weighted by atomic mass is 32.1. The van der Waals surface area contributed by atoms with Crippen molar-refractivity contribution >= 4 is 40.8 Å². The van der Waals surface area contributed by atoms with Crippen LogP contribution in [0, 0.1) is 23.3 Å². The lowest BCUT2D eigenvalue weighted by atomic mass is 10.1. The summed E-state index contributed by atoms with van der Waals surface area (Å²) in [6.07, 6.45) is 6.89. The van der Waals surface area contributed by atoms with Crippen LogP contribution in [0.5, 0.6) is 5.75 Å². The molecule has 0 saturated carbocycles. The van der Waals surface area contributed by atoms with E-state index in [4.69, 9.17) is 57.9 Å². The number of amides is 1. The van der Waals surface area contributed by atoms with Gasteiger partial charge in [-0.05, 0) is 58.3 Å². The number of unbranched alkanes of at least 4 members (excludes halogenated alkanes) is 2. The van der Waals surface area contributed by atoms with Crippen molar-refractivity contribution in [3.63, 3.8) is 0 Å². The molecule has 2 aromatic rings. The van der Waals surface area contributed by atoms with Crippen molar-refractivity contribution in [1.82, 2.24) is 9.96 Å². The number of nitrogens with two attached hydrogens (primary N) is 1. The molecule has 1 aromatic carbocycles. The fourth-order valence-corrected chi connectivity index (χ4v) is 7.58. The number of carbonyl (C=O) groups is 2. The Hall–Kier alpha value is -3.69. The first-order chi connectivity index (χ1) is 35.0. The number of hydrogen-bond donors (Lipinski definition) is 1. The summed E-state index contributed by atoms with van der Waals surface area (Å²) in [6.45, 7) is 14.4. The summed E-state index contributed by atoms with van der Waals surface area (Å²) in [6, 6.07) is 2.12. The number of carbonyl (C=O) groups excluding carboxylic acids is 2. The molecule has 0 unspecified atom stereocenters. The third-order valence-corrected chi connectivity index (χ3v) is 11.2. The molecule has 1 aliphatic heterocycles. The van der Waals surface area contributed by atoms with Gasteiger partial charge in [-0.15, -0.1) is 11.3 Å². The highest BCUT2D eigenvalue weighted by Crippen LogP contribution is 2.35. The van der Waals surface area contributed by atoms with Crippen LogP contribution in [0.15, 0.2) is 22.7 Å². The zero-order chi connectivity index (χ0) is 52.0. The van der Waals surface area contributed by atoms with Crippen LogP contribution in [0.4, 0.5) is 23.2 Å². The average Bonchev–Trinajstić information content (AvgIpc) is 3.66. The van der Waals surface area contributed by atoms with Crippen molar-refractivity contribution in [3.05, 3.63) is 50.7 Å². The van der Waals surface area contributed by atoms with Gasteiger partial charge in [-0.25, -0.2) is 18.8 Å². The van der Waals surface area contributed by atoms with E-state index in [0.717, 1.165) is 55.8 Å². The lowest BCUT2D eigenvalue weighted by molar-refractivity contribution is -0.180. The zero-order valence-corrected chi connectivity index (χ0v) is 43.0. The fraction of sp³-hybridized carbons (Fsp3) is 0.694. The molecule has 18 nitrogen and oxygen atoms in total. The highest BCUT2D eigenvalue weighted by molar-refractivity contribution is 7.13. The molecular weight excluding hydrogens is 977 g/mol. The Morgan fingerprint density at radius 1 is 0.625 bits per heavy atom. The summed E-state index contributed by atoms with van der Waals surface area (Å²) in [4.78, 5) is 39.5. The van der Waals surface area contributed by atoms with Crippen molar-refractivity contribution in [2.24, 2.45) is 10.7 Å². The van der Waals surface area contributed by atoms with Gasteiger partial charge in [0.2, 0.25) is 17.4 Å². The Morgan fingerprint density at radius 3 is 1.57 bits per heavy atom. The zero-order valence-electron chi connectivity index (χ0n) is 42.2. The predicted molar refractivity (Wildman–Crippen MR) is 262 cm³/mol. The van der Waals surface area contributed by atoms with E-state index in [0.29, 0.717) is 143 Å². The van der Waals surface area contributed by atoms with E-state index >= 15 is 0 Å². The second kappa shape index (κ2) is 39.7. The van der Waals surface area contributed by atoms with Crippen molar-refractivity contribution in [1.29, 1.82) is 0 Å². The van der Waals surface area contributed by atoms with E-state index in [-0.39, 0.29) is 31.8 Å². The number of fused-ring (bicyclic) bond motifs is 1. The van der Waals surface area contributed by atoms with Gasteiger partial charge in [0.05, 0.1) is 156 Å². The van der Waals surface area contributed by atoms with E-state index in [1.807, 2.05) is 19.9 Å². The molecule has 0 atom stereocenters. The van der Waals surface area contributed by atoms with Gasteiger partial charge in [0.1, 0.15) is 5.84 Å². The van der Waals surface area contributed by atoms with Crippen molar-refractivity contribution in [2.75, 3.05) is 165 Å². The molecule has 2 heterocycles. The number of ether oxygens (including phenoxy) is 11. The molecule has 0 radical (unpaired) electrons. The molecule has 1 amide bonds. The average molecular weight is 1050 g/mol. The van der Waals surface area contributed by atoms with Gasteiger partial charge in [0.25, 0.3) is 5.91 Å². The maximum atomic E-state index is 13.6. The fourth-order valence-electron chi connectivity index (χ4n) is 6.47. The Kier molecular flexibility index (Phi) is 34.5. The summed E-state index contributed by atoms with van der Waals surface area (Å²) in [5, 5.41) is 1.43. The molecule has 0 spiro atoms. The molecular formula is C49H76F4N4O14S. The first kappa shape index (κ1) is 62.6. The van der Waals surface area contributed by atoms with Crippen molar-refractivity contribution in [3.8, 4) is 5.75 Å². The molecule has 2 N–H and O–H groups in total. The number of likely N-dealkylation sites (N-methyl/N-ethyl adjacent to an activating group) is 1. The maximum Gasteiger partial charge on any atom is 0.313 e. The molecule has 1 aromatic heterocycles. The van der Waals surface area contributed by atoms with Gasteiger partial charge in [-0.2, -0.15) is 8.78 Å². The van der Waals surface area contributed by atoms with E-state index in [1.165, 1.54) is 9.94 Å². The monoisotopic (exact) mass is 1050 g/mol. The highest BCUT2D eigenvalue weighted by Gasteiger charge is 2.24. The van der Waals surface area contributed by atoms with Crippen LogP contribution < -0.4 is 10.5 Å². The number of hydroxylamine groups is 2. The van der Waals surface area contributed by atoms with Crippen LogP contribution >= 0.6 is 11.3 Å². The van der Waals surface area contributed by atoms with Gasteiger partial charge in [-0.3, -0.25) is 14.4 Å². The van der Waals surface area contributed by atoms with E-state index in [1.54, 1.807) is 11.3 Å². The second-order valence-electron chi connectivity index (χ2n) is 16.0. The van der Waals surface area contributed by atoms with Gasteiger partial charge < -0.3 is 62.7 Å². The van der Waals surface area contributed by atoms with Crippen LogP contribution in [0.1, 0.15) is 62.1 Å². The van der Waals surface area contributed by atoms with Crippen molar-refractivity contribution in [2.45, 2.75) is 58.8 Å². The number of aliphatic imine (C=N–C) groups is 1. The number of nitrogens with zero attached hydrogens (tertiary/aromatic N) is 3. The standard InChI is InChI=1S/C49H76F4N4O14S/c1-4-11-57(70-5-2)49(59)38-34-43-42(55-44(54)35-38)36-39(72-43)9-7-6-8-12-56(3)13-15-61-17-19-63-21-23-65-25-27-67-29-31-69-33-32-68-30-28-66-26-24-64-22-20-62-18-16-60-14-10-45(58)71-48-46(52)40(50)37-41(51)47(48)53/h34,36-37H,4-33,35H2,1-3H3,(H2,54,55). The van der Waals surface area contributed by atoms with Gasteiger partial charge in [-0.1, -0.05) is 13.3 Å². The summed E-state index contributed by atoms with van der Waals surface area (Å²) in [5.41, 5.74) is 7.64. The quantitative estimate of drug-likeness (QED) is 0.0201. The largest absolute Gasteiger partial charge is 0.420 e. The second-order valence-corrected chi connectivity index (χ2v) is 17.2. The number of aryl methyl sites for hydroxylation is 1. The normalized spacial score (nSPS) is 12.6. The minimum Gasteiger partial charge on any atom is -0.420 e. The third-order valence-electron chi connectivity index (χ3n) is 10.1. The molecule has 0 fully saturated rings. The summed E-state index contributed by atoms with van der Waals surface area (Å²) >= 11 is 1.68. The van der Waals surface area contributed by atoms with Gasteiger partial charge >= 0.3 is 5.97 Å². The molecule has 1 aliphatic rings. The van der Waals surface area contributed by atoms with Gasteiger partial charge in [0.15, 0.2) is 11.6 Å². The Labute approximate surface area is 425 Å². The summed E-state index contributed by atoms with van der Waals surface area (Å²) in [5.74, 6) is -9.22. The van der Waals surface area contributed by atoms with Crippen LogP contribution in [-0.4, -0.2) is 193 Å². The van der Waals surface area contributed by atoms with Crippen LogP contribution in [0.25, 0.3) is 6.08 Å². The number of amidine groups is 1. The van der Waals surface area contributed by atoms with E-state index < -0.39 is 41.4 Å². The van der Waals surface area contributed by atoms with Crippen LogP contribution in [0.3, 0.4) is 0 Å². The number of thiophene rings is 1. The summed E-state index contributed by atoms with van der Waals surface area (Å²) in [7, 11) is 2.11. The maximum absolute atomic E-state index is 13.6. The Bertz CT molecular complexity index is 1830. The lowest BCUT2D eigenvalue weighted by Gasteiger charge is -2.21.